The standard InChI is InChI=1S/C10H16N4O3/c1-5(2)8(9(11)13-16)12-10(15)7-4-6(3)17-14-7/h4-5,8,16H,1-3H3,(H2,11,13)(H,12,15). The van der Waals surface area contributed by atoms with Gasteiger partial charge < -0.3 is 20.8 Å². The second-order valence-corrected chi connectivity index (χ2v) is 4.04. The minimum Gasteiger partial charge on any atom is -0.409 e. The fourth-order valence-electron chi connectivity index (χ4n) is 1.33. The van der Waals surface area contributed by atoms with E-state index in [1.807, 2.05) is 13.8 Å². The van der Waals surface area contributed by atoms with Crippen LogP contribution >= 0.6 is 0 Å². The molecule has 0 aliphatic heterocycles. The number of hydrogen-bond acceptors (Lipinski definition) is 5. The van der Waals surface area contributed by atoms with E-state index in [9.17, 15) is 4.79 Å². The maximum Gasteiger partial charge on any atom is 0.274 e. The van der Waals surface area contributed by atoms with Crippen LogP contribution in [0.15, 0.2) is 15.7 Å². The largest absolute Gasteiger partial charge is 0.409 e. The van der Waals surface area contributed by atoms with Crippen molar-refractivity contribution in [3.8, 4) is 0 Å². The van der Waals surface area contributed by atoms with Crippen molar-refractivity contribution in [3.05, 3.63) is 17.5 Å². The van der Waals surface area contributed by atoms with Gasteiger partial charge in [0.2, 0.25) is 0 Å². The highest BCUT2D eigenvalue weighted by atomic mass is 16.5. The van der Waals surface area contributed by atoms with E-state index in [1.54, 1.807) is 6.92 Å². The van der Waals surface area contributed by atoms with Crippen molar-refractivity contribution in [3.63, 3.8) is 0 Å². The van der Waals surface area contributed by atoms with Gasteiger partial charge in [0, 0.05) is 6.07 Å². The molecule has 0 aliphatic carbocycles. The molecule has 0 aromatic carbocycles. The molecule has 0 saturated heterocycles. The summed E-state index contributed by atoms with van der Waals surface area (Å²) in [5.74, 6) is 0.0589. The highest BCUT2D eigenvalue weighted by molar-refractivity contribution is 5.96. The Balaban J connectivity index is 2.78. The van der Waals surface area contributed by atoms with Gasteiger partial charge in [-0.15, -0.1) is 0 Å². The average Bonchev–Trinajstić information content (AvgIpc) is 2.71. The molecule has 7 nitrogen and oxygen atoms in total. The van der Waals surface area contributed by atoms with Gasteiger partial charge in [0.15, 0.2) is 11.5 Å². The topological polar surface area (TPSA) is 114 Å². The predicted molar refractivity (Wildman–Crippen MR) is 60.7 cm³/mol. The zero-order valence-electron chi connectivity index (χ0n) is 9.97. The van der Waals surface area contributed by atoms with E-state index in [0.717, 1.165) is 0 Å². The van der Waals surface area contributed by atoms with Crippen LogP contribution in [0.4, 0.5) is 0 Å². The molecule has 0 bridgehead atoms. The molecule has 0 spiro atoms. The highest BCUT2D eigenvalue weighted by Crippen LogP contribution is 2.05. The molecule has 1 heterocycles. The average molecular weight is 240 g/mol. The summed E-state index contributed by atoms with van der Waals surface area (Å²) in [5, 5.41) is 17.7. The summed E-state index contributed by atoms with van der Waals surface area (Å²) in [4.78, 5) is 11.8. The van der Waals surface area contributed by atoms with E-state index in [2.05, 4.69) is 15.6 Å². The molecule has 1 atom stereocenters. The molecule has 1 amide bonds. The van der Waals surface area contributed by atoms with E-state index in [0.29, 0.717) is 5.76 Å². The Labute approximate surface area is 98.6 Å². The van der Waals surface area contributed by atoms with Crippen molar-refractivity contribution in [1.82, 2.24) is 10.5 Å². The SMILES string of the molecule is Cc1cc(C(=O)NC(C(N)=NO)C(C)C)no1. The predicted octanol–water partition coefficient (Wildman–Crippen LogP) is 0.484. The molecule has 0 radical (unpaired) electrons. The van der Waals surface area contributed by atoms with Gasteiger partial charge in [0.1, 0.15) is 5.76 Å². The van der Waals surface area contributed by atoms with Crippen molar-refractivity contribution < 1.29 is 14.5 Å². The van der Waals surface area contributed by atoms with Gasteiger partial charge in [-0.1, -0.05) is 24.2 Å². The minimum absolute atomic E-state index is 0.0113. The van der Waals surface area contributed by atoms with Crippen molar-refractivity contribution in [2.45, 2.75) is 26.8 Å². The van der Waals surface area contributed by atoms with Crippen molar-refractivity contribution in [2.24, 2.45) is 16.8 Å². The lowest BCUT2D eigenvalue weighted by Crippen LogP contribution is -2.47. The van der Waals surface area contributed by atoms with Crippen LogP contribution in [-0.2, 0) is 0 Å². The first kappa shape index (κ1) is 13.0. The number of carbonyl (C=O) groups is 1. The summed E-state index contributed by atoms with van der Waals surface area (Å²) in [6.45, 7) is 5.38. The molecule has 4 N–H and O–H groups in total. The highest BCUT2D eigenvalue weighted by Gasteiger charge is 2.22. The number of aryl methyl sites for hydroxylation is 1. The van der Waals surface area contributed by atoms with Gasteiger partial charge in [0.25, 0.3) is 5.91 Å². The Kier molecular flexibility index (Phi) is 4.08. The van der Waals surface area contributed by atoms with Crippen LogP contribution < -0.4 is 11.1 Å². The summed E-state index contributed by atoms with van der Waals surface area (Å²) in [5.41, 5.74) is 5.66. The number of oxime groups is 1. The van der Waals surface area contributed by atoms with E-state index in [4.69, 9.17) is 15.5 Å². The first-order valence-electron chi connectivity index (χ1n) is 5.17. The number of carbonyl (C=O) groups excluding carboxylic acids is 1. The van der Waals surface area contributed by atoms with Gasteiger partial charge in [-0.05, 0) is 12.8 Å². The number of amides is 1. The van der Waals surface area contributed by atoms with Crippen LogP contribution in [0.25, 0.3) is 0 Å². The second kappa shape index (κ2) is 5.33. The summed E-state index contributed by atoms with van der Waals surface area (Å²) >= 11 is 0. The molecular weight excluding hydrogens is 224 g/mol. The van der Waals surface area contributed by atoms with Gasteiger partial charge in [-0.3, -0.25) is 4.79 Å². The minimum atomic E-state index is -0.551. The third kappa shape index (κ3) is 3.20. The third-order valence-corrected chi connectivity index (χ3v) is 2.25. The molecule has 0 saturated carbocycles. The van der Waals surface area contributed by atoms with Crippen LogP contribution in [0.3, 0.4) is 0 Å². The zero-order valence-corrected chi connectivity index (χ0v) is 9.97. The summed E-state index contributed by atoms with van der Waals surface area (Å²) < 4.78 is 4.79. The number of hydrogen-bond donors (Lipinski definition) is 3. The second-order valence-electron chi connectivity index (χ2n) is 4.04. The van der Waals surface area contributed by atoms with E-state index in [1.165, 1.54) is 6.07 Å². The molecule has 1 unspecified atom stereocenters. The summed E-state index contributed by atoms with van der Waals surface area (Å²) in [7, 11) is 0. The fourth-order valence-corrected chi connectivity index (χ4v) is 1.33. The summed E-state index contributed by atoms with van der Waals surface area (Å²) in [6, 6.07) is 0.962. The number of rotatable bonds is 4. The first-order chi connectivity index (χ1) is 7.95. The number of nitrogens with two attached hydrogens (primary N) is 1. The lowest BCUT2D eigenvalue weighted by atomic mass is 10.0. The first-order valence-corrected chi connectivity index (χ1v) is 5.17. The Hall–Kier alpha value is -2.05. The Bertz CT molecular complexity index is 425. The van der Waals surface area contributed by atoms with Gasteiger partial charge >= 0.3 is 0 Å². The molecule has 1 aromatic rings. The van der Waals surface area contributed by atoms with Crippen molar-refractivity contribution in [2.75, 3.05) is 0 Å². The Morgan fingerprint density at radius 3 is 2.71 bits per heavy atom. The molecule has 0 fully saturated rings. The fraction of sp³-hybridized carbons (Fsp3) is 0.500. The molecule has 1 aromatic heterocycles. The van der Waals surface area contributed by atoms with Crippen LogP contribution in [0.5, 0.6) is 0 Å². The monoisotopic (exact) mass is 240 g/mol. The van der Waals surface area contributed by atoms with Crippen LogP contribution in [0.2, 0.25) is 0 Å². The Morgan fingerprint density at radius 2 is 2.29 bits per heavy atom. The van der Waals surface area contributed by atoms with Crippen molar-refractivity contribution >= 4 is 11.7 Å². The van der Waals surface area contributed by atoms with E-state index < -0.39 is 11.9 Å². The molecule has 94 valence electrons. The van der Waals surface area contributed by atoms with Crippen LogP contribution in [0, 0.1) is 12.8 Å². The molecule has 1 rings (SSSR count). The maximum atomic E-state index is 11.8. The number of nitrogens with one attached hydrogen (secondary N) is 1. The normalized spacial score (nSPS) is 13.8. The molecule has 0 aliphatic rings. The summed E-state index contributed by atoms with van der Waals surface area (Å²) in [6.07, 6.45) is 0. The quantitative estimate of drug-likeness (QED) is 0.306. The number of nitrogens with zero attached hydrogens (tertiary/aromatic N) is 2. The van der Waals surface area contributed by atoms with Gasteiger partial charge in [-0.2, -0.15) is 0 Å². The van der Waals surface area contributed by atoms with E-state index >= 15 is 0 Å². The molecular formula is C10H16N4O3. The van der Waals surface area contributed by atoms with Gasteiger partial charge in [-0.25, -0.2) is 0 Å². The van der Waals surface area contributed by atoms with Crippen molar-refractivity contribution in [1.29, 1.82) is 0 Å². The van der Waals surface area contributed by atoms with E-state index in [-0.39, 0.29) is 17.4 Å². The Morgan fingerprint density at radius 1 is 1.65 bits per heavy atom. The van der Waals surface area contributed by atoms with Crippen LogP contribution in [0.1, 0.15) is 30.1 Å². The smallest absolute Gasteiger partial charge is 0.274 e. The lowest BCUT2D eigenvalue weighted by molar-refractivity contribution is 0.0929. The molecule has 7 heteroatoms. The zero-order chi connectivity index (χ0) is 13.0. The number of aromatic nitrogens is 1. The maximum absolute atomic E-state index is 11.8. The van der Waals surface area contributed by atoms with Gasteiger partial charge in [0.05, 0.1) is 6.04 Å². The number of amidine groups is 1. The van der Waals surface area contributed by atoms with Crippen LogP contribution in [-0.4, -0.2) is 28.1 Å². The third-order valence-electron chi connectivity index (χ3n) is 2.25. The molecule has 17 heavy (non-hydrogen) atoms. The lowest BCUT2D eigenvalue weighted by Gasteiger charge is -2.19.